The zero-order valence-corrected chi connectivity index (χ0v) is 7.99. The Morgan fingerprint density at radius 3 is 2.71 bits per heavy atom. The smallest absolute Gasteiger partial charge is 0.227 e. The Morgan fingerprint density at radius 2 is 2.14 bits per heavy atom. The van der Waals surface area contributed by atoms with E-state index in [-0.39, 0.29) is 17.1 Å². The molecule has 0 saturated carbocycles. The van der Waals surface area contributed by atoms with Gasteiger partial charge in [-0.25, -0.2) is 4.98 Å². The van der Waals surface area contributed by atoms with Crippen LogP contribution in [0.1, 0.15) is 5.69 Å². The van der Waals surface area contributed by atoms with Crippen LogP contribution in [0.4, 0.5) is 5.95 Å². The molecule has 0 aromatic carbocycles. The normalized spacial score (nSPS) is 10.4. The van der Waals surface area contributed by atoms with Crippen molar-refractivity contribution < 1.29 is 4.42 Å². The van der Waals surface area contributed by atoms with E-state index in [1.54, 1.807) is 6.92 Å². The molecule has 0 atom stereocenters. The molecule has 0 saturated heterocycles. The number of aryl methyl sites for hydroxylation is 1. The van der Waals surface area contributed by atoms with Crippen LogP contribution in [0.5, 0.6) is 0 Å². The molecule has 6 nitrogen and oxygen atoms in total. The van der Waals surface area contributed by atoms with Gasteiger partial charge in [0.2, 0.25) is 17.1 Å². The van der Waals surface area contributed by atoms with Gasteiger partial charge in [-0.3, -0.25) is 0 Å². The molecular formula is C7H6ClN5O. The molecule has 2 aromatic rings. The van der Waals surface area contributed by atoms with Gasteiger partial charge in [0.15, 0.2) is 12.2 Å². The fourth-order valence-corrected chi connectivity index (χ4v) is 1.15. The van der Waals surface area contributed by atoms with E-state index in [4.69, 9.17) is 21.8 Å². The van der Waals surface area contributed by atoms with Gasteiger partial charge in [0, 0.05) is 0 Å². The van der Waals surface area contributed by atoms with Gasteiger partial charge < -0.3 is 10.2 Å². The third-order valence-electron chi connectivity index (χ3n) is 1.57. The maximum Gasteiger partial charge on any atom is 0.227 e. The summed E-state index contributed by atoms with van der Waals surface area (Å²) in [5.41, 5.74) is 6.08. The highest BCUT2D eigenvalue weighted by Crippen LogP contribution is 2.19. The number of oxazole rings is 1. The van der Waals surface area contributed by atoms with Gasteiger partial charge in [0.25, 0.3) is 0 Å². The molecule has 0 spiro atoms. The first-order chi connectivity index (χ1) is 6.66. The third kappa shape index (κ3) is 1.51. The first-order valence-electron chi connectivity index (χ1n) is 3.74. The van der Waals surface area contributed by atoms with Crippen molar-refractivity contribution in [3.63, 3.8) is 0 Å². The lowest BCUT2D eigenvalue weighted by Gasteiger charge is -1.97. The van der Waals surface area contributed by atoms with Crippen LogP contribution in [-0.4, -0.2) is 19.9 Å². The lowest BCUT2D eigenvalue weighted by atomic mass is 10.3. The fraction of sp³-hybridized carbons (Fsp3) is 0.143. The monoisotopic (exact) mass is 211 g/mol. The Labute approximate surface area is 84.2 Å². The van der Waals surface area contributed by atoms with E-state index in [1.807, 2.05) is 0 Å². The highest BCUT2D eigenvalue weighted by atomic mass is 35.5. The second-order valence-electron chi connectivity index (χ2n) is 2.55. The van der Waals surface area contributed by atoms with Gasteiger partial charge in [0.05, 0.1) is 5.69 Å². The van der Waals surface area contributed by atoms with E-state index < -0.39 is 0 Å². The lowest BCUT2D eigenvalue weighted by Crippen LogP contribution is -1.99. The highest BCUT2D eigenvalue weighted by molar-refractivity contribution is 6.28. The molecular weight excluding hydrogens is 206 g/mol. The van der Waals surface area contributed by atoms with Gasteiger partial charge in [-0.15, -0.1) is 0 Å². The summed E-state index contributed by atoms with van der Waals surface area (Å²) in [6, 6.07) is 0. The van der Waals surface area contributed by atoms with Crippen molar-refractivity contribution in [1.29, 1.82) is 0 Å². The van der Waals surface area contributed by atoms with Crippen molar-refractivity contribution in [1.82, 2.24) is 19.9 Å². The summed E-state index contributed by atoms with van der Waals surface area (Å²) in [7, 11) is 0. The Balaban J connectivity index is 2.57. The summed E-state index contributed by atoms with van der Waals surface area (Å²) in [5, 5.41) is 0.0308. The molecule has 0 aliphatic heterocycles. The fourth-order valence-electron chi connectivity index (χ4n) is 0.983. The number of anilines is 1. The highest BCUT2D eigenvalue weighted by Gasteiger charge is 2.12. The topological polar surface area (TPSA) is 90.7 Å². The molecule has 0 bridgehead atoms. The Bertz CT molecular complexity index is 449. The largest absolute Gasteiger partial charge is 0.440 e. The number of hydrogen-bond donors (Lipinski definition) is 1. The van der Waals surface area contributed by atoms with Crippen LogP contribution in [0.3, 0.4) is 0 Å². The molecule has 0 aliphatic rings. The molecule has 0 aliphatic carbocycles. The molecule has 7 heteroatoms. The van der Waals surface area contributed by atoms with Gasteiger partial charge >= 0.3 is 0 Å². The predicted octanol–water partition coefficient (Wildman–Crippen LogP) is 1.07. The zero-order chi connectivity index (χ0) is 10.1. The SMILES string of the molecule is Cc1ncoc1-c1nc(N)nc(Cl)n1. The van der Waals surface area contributed by atoms with E-state index >= 15 is 0 Å². The Hall–Kier alpha value is -1.69. The average Bonchev–Trinajstić information content (AvgIpc) is 2.49. The standard InChI is InChI=1S/C7H6ClN5O/c1-3-4(14-2-10-3)5-11-6(8)13-7(9)12-5/h2H,1H3,(H2,9,11,12,13). The number of nitrogen functional groups attached to an aromatic ring is 1. The van der Waals surface area contributed by atoms with Crippen LogP contribution < -0.4 is 5.73 Å². The number of nitrogens with two attached hydrogens (primary N) is 1. The van der Waals surface area contributed by atoms with Crippen LogP contribution in [0.2, 0.25) is 5.28 Å². The van der Waals surface area contributed by atoms with Crippen LogP contribution >= 0.6 is 11.6 Å². The lowest BCUT2D eigenvalue weighted by molar-refractivity contribution is 0.566. The van der Waals surface area contributed by atoms with Crippen LogP contribution in [-0.2, 0) is 0 Å². The van der Waals surface area contributed by atoms with Crippen molar-refractivity contribution in [3.8, 4) is 11.6 Å². The number of hydrogen-bond acceptors (Lipinski definition) is 6. The van der Waals surface area contributed by atoms with Gasteiger partial charge in [0.1, 0.15) is 0 Å². The first-order valence-corrected chi connectivity index (χ1v) is 4.12. The molecule has 0 fully saturated rings. The summed E-state index contributed by atoms with van der Waals surface area (Å²) in [5.74, 6) is 0.786. The summed E-state index contributed by atoms with van der Waals surface area (Å²) in [6.07, 6.45) is 1.30. The van der Waals surface area contributed by atoms with E-state index in [0.717, 1.165) is 0 Å². The summed E-state index contributed by atoms with van der Waals surface area (Å²) < 4.78 is 5.08. The van der Waals surface area contributed by atoms with E-state index in [1.165, 1.54) is 6.39 Å². The van der Waals surface area contributed by atoms with Crippen LogP contribution in [0.25, 0.3) is 11.6 Å². The van der Waals surface area contributed by atoms with Gasteiger partial charge in [-0.2, -0.15) is 15.0 Å². The molecule has 2 aromatic heterocycles. The summed E-state index contributed by atoms with van der Waals surface area (Å²) >= 11 is 5.62. The zero-order valence-electron chi connectivity index (χ0n) is 7.23. The minimum Gasteiger partial charge on any atom is -0.440 e. The van der Waals surface area contributed by atoms with Crippen molar-refractivity contribution in [2.75, 3.05) is 5.73 Å². The average molecular weight is 212 g/mol. The predicted molar refractivity (Wildman–Crippen MR) is 49.5 cm³/mol. The number of nitrogens with zero attached hydrogens (tertiary/aromatic N) is 4. The number of rotatable bonds is 1. The maximum absolute atomic E-state index is 5.62. The Kier molecular flexibility index (Phi) is 2.05. The number of aromatic nitrogens is 4. The van der Waals surface area contributed by atoms with Crippen molar-refractivity contribution in [3.05, 3.63) is 17.4 Å². The maximum atomic E-state index is 5.62. The van der Waals surface area contributed by atoms with Gasteiger partial charge in [-0.1, -0.05) is 0 Å². The van der Waals surface area contributed by atoms with Crippen molar-refractivity contribution in [2.24, 2.45) is 0 Å². The minimum absolute atomic E-state index is 0.0308. The van der Waals surface area contributed by atoms with Crippen LogP contribution in [0, 0.1) is 6.92 Å². The molecule has 72 valence electrons. The van der Waals surface area contributed by atoms with Crippen LogP contribution in [0.15, 0.2) is 10.8 Å². The molecule has 2 N–H and O–H groups in total. The summed E-state index contributed by atoms with van der Waals surface area (Å²) in [4.78, 5) is 15.3. The molecule has 14 heavy (non-hydrogen) atoms. The molecule has 2 rings (SSSR count). The molecule has 2 heterocycles. The van der Waals surface area contributed by atoms with Gasteiger partial charge in [-0.05, 0) is 18.5 Å². The third-order valence-corrected chi connectivity index (χ3v) is 1.74. The molecule has 0 radical (unpaired) electrons. The summed E-state index contributed by atoms with van der Waals surface area (Å²) in [6.45, 7) is 1.77. The second-order valence-corrected chi connectivity index (χ2v) is 2.89. The minimum atomic E-state index is 0.0308. The van der Waals surface area contributed by atoms with E-state index in [2.05, 4.69) is 19.9 Å². The van der Waals surface area contributed by atoms with Crippen molar-refractivity contribution >= 4 is 17.5 Å². The quantitative estimate of drug-likeness (QED) is 0.759. The Morgan fingerprint density at radius 1 is 1.36 bits per heavy atom. The van der Waals surface area contributed by atoms with Crippen molar-refractivity contribution in [2.45, 2.75) is 6.92 Å². The second kappa shape index (κ2) is 3.22. The molecule has 0 amide bonds. The van der Waals surface area contributed by atoms with E-state index in [0.29, 0.717) is 11.5 Å². The molecule has 0 unspecified atom stereocenters. The first kappa shape index (κ1) is 8.89. The number of halogens is 1. The van der Waals surface area contributed by atoms with E-state index in [9.17, 15) is 0 Å².